The van der Waals surface area contributed by atoms with E-state index in [0.29, 0.717) is 16.4 Å². The van der Waals surface area contributed by atoms with Crippen LogP contribution in [0, 0.1) is 12.7 Å². The van der Waals surface area contributed by atoms with Crippen LogP contribution in [0.25, 0.3) is 0 Å². The van der Waals surface area contributed by atoms with Gasteiger partial charge in [0.1, 0.15) is 12.4 Å². The number of benzene rings is 1. The van der Waals surface area contributed by atoms with Crippen molar-refractivity contribution in [3.8, 4) is 0 Å². The van der Waals surface area contributed by atoms with Gasteiger partial charge in [-0.3, -0.25) is 14.2 Å². The summed E-state index contributed by atoms with van der Waals surface area (Å²) >= 11 is 6.00. The number of nitrogens with zero attached hydrogens (tertiary/aromatic N) is 4. The van der Waals surface area contributed by atoms with E-state index in [9.17, 15) is 9.18 Å². The molecular weight excluding hydrogens is 333 g/mol. The molecule has 0 bridgehead atoms. The molecule has 2 heterocycles. The number of halogens is 2. The number of anilines is 1. The molecule has 0 aliphatic carbocycles. The van der Waals surface area contributed by atoms with Crippen molar-refractivity contribution in [2.24, 2.45) is 0 Å². The van der Waals surface area contributed by atoms with Crippen molar-refractivity contribution >= 4 is 23.3 Å². The van der Waals surface area contributed by atoms with Crippen LogP contribution < -0.4 is 5.32 Å². The number of nitrogens with one attached hydrogen (secondary N) is 1. The normalized spacial score (nSPS) is 10.8. The fourth-order valence-electron chi connectivity index (χ4n) is 2.24. The number of rotatable bonds is 5. The molecule has 0 unspecified atom stereocenters. The minimum Gasteiger partial charge on any atom is -0.308 e. The highest BCUT2D eigenvalue weighted by atomic mass is 35.5. The molecule has 124 valence electrons. The third-order valence-electron chi connectivity index (χ3n) is 3.36. The van der Waals surface area contributed by atoms with Crippen molar-refractivity contribution < 1.29 is 9.18 Å². The molecule has 0 radical (unpaired) electrons. The van der Waals surface area contributed by atoms with Crippen LogP contribution in [-0.4, -0.2) is 25.5 Å². The van der Waals surface area contributed by atoms with E-state index in [1.807, 2.05) is 6.92 Å². The van der Waals surface area contributed by atoms with Crippen molar-refractivity contribution in [2.45, 2.75) is 20.0 Å². The molecular formula is C16H15ClFN5O. The highest BCUT2D eigenvalue weighted by Gasteiger charge is 2.10. The Bertz CT molecular complexity index is 853. The van der Waals surface area contributed by atoms with Crippen LogP contribution in [-0.2, 0) is 17.9 Å². The molecule has 6 nitrogen and oxygen atoms in total. The first-order chi connectivity index (χ1) is 11.5. The van der Waals surface area contributed by atoms with Crippen LogP contribution in [0.15, 0.2) is 42.9 Å². The molecule has 1 N–H and O–H groups in total. The molecule has 0 aliphatic heterocycles. The van der Waals surface area contributed by atoms with Gasteiger partial charge in [0.15, 0.2) is 5.82 Å². The molecule has 0 fully saturated rings. The summed E-state index contributed by atoms with van der Waals surface area (Å²) in [6, 6.07) is 6.16. The zero-order valence-corrected chi connectivity index (χ0v) is 13.7. The van der Waals surface area contributed by atoms with E-state index in [1.165, 1.54) is 10.7 Å². The van der Waals surface area contributed by atoms with Gasteiger partial charge in [0.25, 0.3) is 0 Å². The molecule has 0 atom stereocenters. The van der Waals surface area contributed by atoms with Crippen molar-refractivity contribution in [2.75, 3.05) is 5.32 Å². The molecule has 0 saturated carbocycles. The van der Waals surface area contributed by atoms with Crippen molar-refractivity contribution in [3.63, 3.8) is 0 Å². The summed E-state index contributed by atoms with van der Waals surface area (Å²) in [5.41, 5.74) is 1.33. The Hall–Kier alpha value is -2.67. The molecule has 1 aromatic carbocycles. The molecule has 1 amide bonds. The Morgan fingerprint density at radius 3 is 2.88 bits per heavy atom. The lowest BCUT2D eigenvalue weighted by molar-refractivity contribution is -0.116. The highest BCUT2D eigenvalue weighted by Crippen LogP contribution is 2.20. The average Bonchev–Trinajstić information content (AvgIpc) is 3.12. The van der Waals surface area contributed by atoms with E-state index in [2.05, 4.69) is 15.5 Å². The predicted octanol–water partition coefficient (Wildman–Crippen LogP) is 2.87. The van der Waals surface area contributed by atoms with Crippen LogP contribution in [0.2, 0.25) is 5.02 Å². The quantitative estimate of drug-likeness (QED) is 0.771. The van der Waals surface area contributed by atoms with Gasteiger partial charge in [-0.05, 0) is 24.6 Å². The number of hydrogen-bond donors (Lipinski definition) is 1. The Balaban J connectivity index is 1.64. The third-order valence-corrected chi connectivity index (χ3v) is 3.71. The maximum Gasteiger partial charge on any atom is 0.247 e. The first-order valence-electron chi connectivity index (χ1n) is 7.26. The second-order valence-electron chi connectivity index (χ2n) is 5.36. The molecule has 3 rings (SSSR count). The fourth-order valence-corrected chi connectivity index (χ4v) is 2.47. The van der Waals surface area contributed by atoms with E-state index < -0.39 is 5.82 Å². The van der Waals surface area contributed by atoms with E-state index in [4.69, 9.17) is 11.6 Å². The van der Waals surface area contributed by atoms with E-state index in [0.717, 1.165) is 5.56 Å². The Morgan fingerprint density at radius 1 is 1.33 bits per heavy atom. The number of amides is 1. The van der Waals surface area contributed by atoms with Gasteiger partial charge in [-0.2, -0.15) is 10.2 Å². The number of aromatic nitrogens is 4. The first kappa shape index (κ1) is 16.2. The lowest BCUT2D eigenvalue weighted by Crippen LogP contribution is -2.19. The van der Waals surface area contributed by atoms with Crippen LogP contribution in [0.4, 0.5) is 10.2 Å². The molecule has 3 aromatic rings. The average molecular weight is 348 g/mol. The number of carbonyl (C=O) groups excluding carboxylic acids is 1. The largest absolute Gasteiger partial charge is 0.308 e. The SMILES string of the molecule is Cc1cnn(CC(=O)Nc2ccn(Cc3c(F)cccc3Cl)n2)c1. The Kier molecular flexibility index (Phi) is 4.61. The van der Waals surface area contributed by atoms with Gasteiger partial charge in [0.2, 0.25) is 5.91 Å². The second kappa shape index (κ2) is 6.84. The summed E-state index contributed by atoms with van der Waals surface area (Å²) in [5, 5.41) is 11.3. The van der Waals surface area contributed by atoms with E-state index in [1.54, 1.807) is 41.5 Å². The van der Waals surface area contributed by atoms with Crippen LogP contribution in [0.3, 0.4) is 0 Å². The highest BCUT2D eigenvalue weighted by molar-refractivity contribution is 6.31. The molecule has 24 heavy (non-hydrogen) atoms. The predicted molar refractivity (Wildman–Crippen MR) is 88.3 cm³/mol. The van der Waals surface area contributed by atoms with Crippen molar-refractivity contribution in [3.05, 3.63) is 64.8 Å². The third kappa shape index (κ3) is 3.80. The number of carbonyl (C=O) groups is 1. The zero-order chi connectivity index (χ0) is 17.1. The van der Waals surface area contributed by atoms with Gasteiger partial charge in [0.05, 0.1) is 12.7 Å². The Labute approximate surface area is 142 Å². The summed E-state index contributed by atoms with van der Waals surface area (Å²) in [5.74, 6) is -0.249. The summed E-state index contributed by atoms with van der Waals surface area (Å²) < 4.78 is 16.8. The van der Waals surface area contributed by atoms with Gasteiger partial charge >= 0.3 is 0 Å². The smallest absolute Gasteiger partial charge is 0.247 e. The second-order valence-corrected chi connectivity index (χ2v) is 5.77. The van der Waals surface area contributed by atoms with Gasteiger partial charge in [-0.15, -0.1) is 0 Å². The van der Waals surface area contributed by atoms with E-state index in [-0.39, 0.29) is 19.0 Å². The zero-order valence-electron chi connectivity index (χ0n) is 12.9. The fraction of sp³-hybridized carbons (Fsp3) is 0.188. The minimum absolute atomic E-state index is 0.0971. The summed E-state index contributed by atoms with van der Waals surface area (Å²) in [4.78, 5) is 12.0. The topological polar surface area (TPSA) is 64.7 Å². The minimum atomic E-state index is -0.391. The summed E-state index contributed by atoms with van der Waals surface area (Å²) in [6.07, 6.45) is 5.11. The monoisotopic (exact) mass is 347 g/mol. The maximum absolute atomic E-state index is 13.8. The van der Waals surface area contributed by atoms with Gasteiger partial charge in [-0.1, -0.05) is 17.7 Å². The van der Waals surface area contributed by atoms with Crippen molar-refractivity contribution in [1.82, 2.24) is 19.6 Å². The van der Waals surface area contributed by atoms with Crippen LogP contribution in [0.5, 0.6) is 0 Å². The standard InChI is InChI=1S/C16H15ClFN5O/c1-11-7-19-23(8-11)10-16(24)20-15-5-6-22(21-15)9-12-13(17)3-2-4-14(12)18/h2-8H,9-10H2,1H3,(H,20,21,24). The molecule has 0 aliphatic rings. The van der Waals surface area contributed by atoms with Gasteiger partial charge in [-0.25, -0.2) is 4.39 Å². The van der Waals surface area contributed by atoms with E-state index >= 15 is 0 Å². The van der Waals surface area contributed by atoms with Crippen molar-refractivity contribution in [1.29, 1.82) is 0 Å². The molecule has 8 heteroatoms. The molecule has 2 aromatic heterocycles. The van der Waals surface area contributed by atoms with Gasteiger partial charge in [0, 0.05) is 29.0 Å². The maximum atomic E-state index is 13.8. The van der Waals surface area contributed by atoms with Crippen LogP contribution >= 0.6 is 11.6 Å². The summed E-state index contributed by atoms with van der Waals surface area (Å²) in [7, 11) is 0. The van der Waals surface area contributed by atoms with Crippen LogP contribution in [0.1, 0.15) is 11.1 Å². The lowest BCUT2D eigenvalue weighted by Gasteiger charge is -2.06. The number of hydrogen-bond acceptors (Lipinski definition) is 3. The lowest BCUT2D eigenvalue weighted by atomic mass is 10.2. The number of aryl methyl sites for hydroxylation is 1. The molecule has 0 spiro atoms. The summed E-state index contributed by atoms with van der Waals surface area (Å²) in [6.45, 7) is 2.18. The van der Waals surface area contributed by atoms with Gasteiger partial charge < -0.3 is 5.32 Å². The first-order valence-corrected chi connectivity index (χ1v) is 7.64. The Morgan fingerprint density at radius 2 is 2.17 bits per heavy atom. The molecule has 0 saturated heterocycles.